The number of nitrogen functional groups attached to an aromatic ring is 2. The van der Waals surface area contributed by atoms with Crippen LogP contribution in [-0.4, -0.2) is 21.0 Å². The molecule has 1 aromatic rings. The van der Waals surface area contributed by atoms with E-state index in [-0.39, 0.29) is 17.0 Å². The molecule has 2 heterocycles. The summed E-state index contributed by atoms with van der Waals surface area (Å²) in [5, 5.41) is 3.66. The smallest absolute Gasteiger partial charge is 0.221 e. The highest BCUT2D eigenvalue weighted by molar-refractivity contribution is 5.44. The molecule has 0 radical (unpaired) electrons. The van der Waals surface area contributed by atoms with E-state index in [1.54, 1.807) is 6.20 Å². The van der Waals surface area contributed by atoms with Crippen molar-refractivity contribution >= 4 is 11.8 Å². The number of piperidine rings is 1. The van der Waals surface area contributed by atoms with Crippen molar-refractivity contribution in [3.8, 4) is 0 Å². The van der Waals surface area contributed by atoms with Gasteiger partial charge in [0.25, 0.3) is 0 Å². The molecule has 5 heteroatoms. The number of anilines is 2. The van der Waals surface area contributed by atoms with Gasteiger partial charge >= 0.3 is 0 Å². The lowest BCUT2D eigenvalue weighted by Gasteiger charge is -2.46. The summed E-state index contributed by atoms with van der Waals surface area (Å²) in [5.74, 6) is 1.13. The summed E-state index contributed by atoms with van der Waals surface area (Å²) in [4.78, 5) is 8.15. The third kappa shape index (κ3) is 2.72. The van der Waals surface area contributed by atoms with Crippen LogP contribution in [0, 0.1) is 0 Å². The highest BCUT2D eigenvalue weighted by Gasteiger charge is 2.39. The number of hydrogen-bond donors (Lipinski definition) is 3. The van der Waals surface area contributed by atoms with E-state index in [0.717, 1.165) is 18.4 Å². The number of nitrogens with zero attached hydrogens (tertiary/aromatic N) is 2. The average molecular weight is 249 g/mol. The summed E-state index contributed by atoms with van der Waals surface area (Å²) in [6.07, 6.45) is 3.82. The van der Waals surface area contributed by atoms with Crippen molar-refractivity contribution in [1.29, 1.82) is 0 Å². The van der Waals surface area contributed by atoms with Crippen molar-refractivity contribution in [3.05, 3.63) is 11.8 Å². The van der Waals surface area contributed by atoms with Gasteiger partial charge in [-0.2, -0.15) is 4.98 Å². The Labute approximate surface area is 108 Å². The molecule has 2 rings (SSSR count). The molecule has 100 valence electrons. The molecule has 1 saturated heterocycles. The summed E-state index contributed by atoms with van der Waals surface area (Å²) >= 11 is 0. The first kappa shape index (κ1) is 13.1. The fraction of sp³-hybridized carbons (Fsp3) is 0.692. The number of aromatic nitrogens is 2. The molecular formula is C13H23N5. The lowest BCUT2D eigenvalue weighted by molar-refractivity contribution is 0.162. The van der Waals surface area contributed by atoms with Crippen LogP contribution in [0.25, 0.3) is 0 Å². The zero-order chi connectivity index (χ0) is 13.6. The van der Waals surface area contributed by atoms with Gasteiger partial charge in [0.05, 0.1) is 0 Å². The molecule has 5 nitrogen and oxygen atoms in total. The molecule has 0 unspecified atom stereocenters. The summed E-state index contributed by atoms with van der Waals surface area (Å²) in [5.41, 5.74) is 12.7. The predicted molar refractivity (Wildman–Crippen MR) is 74.1 cm³/mol. The zero-order valence-corrected chi connectivity index (χ0v) is 11.6. The van der Waals surface area contributed by atoms with Gasteiger partial charge in [0, 0.05) is 22.8 Å². The van der Waals surface area contributed by atoms with Gasteiger partial charge < -0.3 is 16.8 Å². The molecule has 0 bridgehead atoms. The summed E-state index contributed by atoms with van der Waals surface area (Å²) < 4.78 is 0. The number of rotatable bonds is 1. The Balaban J connectivity index is 2.32. The van der Waals surface area contributed by atoms with Gasteiger partial charge in [0.15, 0.2) is 0 Å². The van der Waals surface area contributed by atoms with E-state index in [9.17, 15) is 0 Å². The Kier molecular flexibility index (Phi) is 2.97. The maximum atomic E-state index is 5.98. The molecule has 0 amide bonds. The summed E-state index contributed by atoms with van der Waals surface area (Å²) in [6.45, 7) is 8.87. The maximum Gasteiger partial charge on any atom is 0.221 e. The van der Waals surface area contributed by atoms with Crippen LogP contribution in [0.2, 0.25) is 0 Å². The zero-order valence-electron chi connectivity index (χ0n) is 11.6. The van der Waals surface area contributed by atoms with E-state index in [1.165, 1.54) is 0 Å². The first-order chi connectivity index (χ1) is 8.19. The largest absolute Gasteiger partial charge is 0.383 e. The van der Waals surface area contributed by atoms with Gasteiger partial charge in [-0.3, -0.25) is 0 Å². The van der Waals surface area contributed by atoms with Gasteiger partial charge in [-0.05, 0) is 46.5 Å². The lowest BCUT2D eigenvalue weighted by Crippen LogP contribution is -2.57. The Bertz CT molecular complexity index is 437. The minimum absolute atomic E-state index is 0.0836. The number of hydrogen-bond acceptors (Lipinski definition) is 5. The molecule has 5 N–H and O–H groups in total. The third-order valence-electron chi connectivity index (χ3n) is 3.50. The first-order valence-electron chi connectivity index (χ1n) is 6.36. The average Bonchev–Trinajstić information content (AvgIpc) is 2.11. The molecule has 0 aromatic carbocycles. The molecule has 1 aromatic heterocycles. The van der Waals surface area contributed by atoms with E-state index in [4.69, 9.17) is 11.5 Å². The summed E-state index contributed by atoms with van der Waals surface area (Å²) in [6, 6.07) is 0. The first-order valence-corrected chi connectivity index (χ1v) is 6.36. The molecule has 1 aliphatic rings. The van der Waals surface area contributed by atoms with E-state index < -0.39 is 0 Å². The molecule has 0 spiro atoms. The Morgan fingerprint density at radius 3 is 2.22 bits per heavy atom. The van der Waals surface area contributed by atoms with Gasteiger partial charge in [0.2, 0.25) is 5.95 Å². The van der Waals surface area contributed by atoms with Crippen molar-refractivity contribution in [3.63, 3.8) is 0 Å². The summed E-state index contributed by atoms with van der Waals surface area (Å²) in [7, 11) is 0. The SMILES string of the molecule is CC1(C)CC(c2cnc(N)nc2N)CC(C)(C)N1. The third-order valence-corrected chi connectivity index (χ3v) is 3.50. The van der Waals surface area contributed by atoms with Crippen molar-refractivity contribution < 1.29 is 0 Å². The molecule has 1 aliphatic heterocycles. The van der Waals surface area contributed by atoms with Gasteiger partial charge in [-0.1, -0.05) is 0 Å². The van der Waals surface area contributed by atoms with E-state index in [0.29, 0.717) is 11.7 Å². The molecule has 1 fully saturated rings. The van der Waals surface area contributed by atoms with Gasteiger partial charge in [0.1, 0.15) is 5.82 Å². The second-order valence-corrected chi connectivity index (χ2v) is 6.57. The van der Waals surface area contributed by atoms with Crippen LogP contribution >= 0.6 is 0 Å². The predicted octanol–water partition coefficient (Wildman–Crippen LogP) is 1.67. The van der Waals surface area contributed by atoms with Crippen LogP contribution < -0.4 is 16.8 Å². The molecule has 0 atom stereocenters. The Morgan fingerprint density at radius 1 is 1.17 bits per heavy atom. The van der Waals surface area contributed by atoms with Crippen molar-refractivity contribution in [2.24, 2.45) is 0 Å². The second-order valence-electron chi connectivity index (χ2n) is 6.57. The van der Waals surface area contributed by atoms with Crippen LogP contribution in [0.4, 0.5) is 11.8 Å². The Morgan fingerprint density at radius 2 is 1.72 bits per heavy atom. The van der Waals surface area contributed by atoms with Gasteiger partial charge in [-0.25, -0.2) is 4.98 Å². The lowest BCUT2D eigenvalue weighted by atomic mass is 9.73. The van der Waals surface area contributed by atoms with E-state index >= 15 is 0 Å². The maximum absolute atomic E-state index is 5.98. The molecular weight excluding hydrogens is 226 g/mol. The number of nitrogens with two attached hydrogens (primary N) is 2. The Hall–Kier alpha value is -1.36. The number of nitrogens with one attached hydrogen (secondary N) is 1. The minimum Gasteiger partial charge on any atom is -0.383 e. The standard InChI is InChI=1S/C13H23N5/c1-12(2)5-8(6-13(3,4)18-12)9-7-16-11(15)17-10(9)14/h7-8,18H,5-6H2,1-4H3,(H4,14,15,16,17). The highest BCUT2D eigenvalue weighted by atomic mass is 15.1. The van der Waals surface area contributed by atoms with E-state index in [2.05, 4.69) is 43.0 Å². The van der Waals surface area contributed by atoms with Crippen molar-refractivity contribution in [2.45, 2.75) is 57.5 Å². The second kappa shape index (κ2) is 4.09. The quantitative estimate of drug-likeness (QED) is 0.704. The van der Waals surface area contributed by atoms with Crippen LogP contribution in [-0.2, 0) is 0 Å². The highest BCUT2D eigenvalue weighted by Crippen LogP contribution is 2.40. The fourth-order valence-electron chi connectivity index (χ4n) is 3.28. The van der Waals surface area contributed by atoms with Crippen molar-refractivity contribution in [1.82, 2.24) is 15.3 Å². The van der Waals surface area contributed by atoms with Crippen LogP contribution in [0.1, 0.15) is 52.0 Å². The topological polar surface area (TPSA) is 89.8 Å². The fourth-order valence-corrected chi connectivity index (χ4v) is 3.28. The molecule has 0 aliphatic carbocycles. The minimum atomic E-state index is 0.0836. The monoisotopic (exact) mass is 249 g/mol. The van der Waals surface area contributed by atoms with Crippen LogP contribution in [0.3, 0.4) is 0 Å². The normalized spacial score (nSPS) is 22.9. The van der Waals surface area contributed by atoms with E-state index in [1.807, 2.05) is 0 Å². The van der Waals surface area contributed by atoms with Crippen molar-refractivity contribution in [2.75, 3.05) is 11.5 Å². The van der Waals surface area contributed by atoms with Crippen LogP contribution in [0.5, 0.6) is 0 Å². The van der Waals surface area contributed by atoms with Gasteiger partial charge in [-0.15, -0.1) is 0 Å². The molecule has 18 heavy (non-hydrogen) atoms. The van der Waals surface area contributed by atoms with Crippen LogP contribution in [0.15, 0.2) is 6.20 Å². The molecule has 0 saturated carbocycles.